The van der Waals surface area contributed by atoms with Gasteiger partial charge in [0.05, 0.1) is 0 Å². The predicted octanol–water partition coefficient (Wildman–Crippen LogP) is 1.55. The molecule has 0 saturated carbocycles. The number of nitrogens with zero attached hydrogens (tertiary/aromatic N) is 1. The van der Waals surface area contributed by atoms with E-state index in [1.54, 1.807) is 6.08 Å². The molecule has 1 saturated heterocycles. The second-order valence-corrected chi connectivity index (χ2v) is 5.26. The zero-order chi connectivity index (χ0) is 11.5. The van der Waals surface area contributed by atoms with Crippen molar-refractivity contribution in [3.05, 3.63) is 11.8 Å². The molecule has 0 amide bonds. The van der Waals surface area contributed by atoms with Crippen LogP contribution >= 0.6 is 0 Å². The molecule has 90 valence electrons. The van der Waals surface area contributed by atoms with Crippen molar-refractivity contribution in [3.63, 3.8) is 0 Å². The van der Waals surface area contributed by atoms with Crippen LogP contribution in [0.5, 0.6) is 0 Å². The minimum atomic E-state index is 0.276. The van der Waals surface area contributed by atoms with Crippen LogP contribution in [0.15, 0.2) is 11.8 Å². The van der Waals surface area contributed by atoms with Crippen LogP contribution in [-0.2, 0) is 4.79 Å². The Morgan fingerprint density at radius 1 is 1.50 bits per heavy atom. The number of carbonyl (C=O) groups is 1. The van der Waals surface area contributed by atoms with E-state index >= 15 is 0 Å². The van der Waals surface area contributed by atoms with E-state index in [1.807, 2.05) is 0 Å². The summed E-state index contributed by atoms with van der Waals surface area (Å²) in [4.78, 5) is 13.6. The first-order valence-corrected chi connectivity index (χ1v) is 6.36. The SMILES string of the molecule is CC(C)N1CCC(CNC2=CC(=O)CC2)C1. The largest absolute Gasteiger partial charge is 0.388 e. The van der Waals surface area contributed by atoms with Gasteiger partial charge >= 0.3 is 0 Å². The maximum Gasteiger partial charge on any atom is 0.157 e. The fourth-order valence-electron chi connectivity index (χ4n) is 2.51. The highest BCUT2D eigenvalue weighted by atomic mass is 16.1. The Morgan fingerprint density at radius 3 is 2.88 bits per heavy atom. The van der Waals surface area contributed by atoms with E-state index < -0.39 is 0 Å². The molecule has 1 aliphatic carbocycles. The number of carbonyl (C=O) groups excluding carboxylic acids is 1. The maximum atomic E-state index is 11.1. The monoisotopic (exact) mass is 222 g/mol. The molecular weight excluding hydrogens is 200 g/mol. The second kappa shape index (κ2) is 5.00. The molecule has 0 spiro atoms. The lowest BCUT2D eigenvalue weighted by Crippen LogP contribution is -2.30. The normalized spacial score (nSPS) is 26.6. The van der Waals surface area contributed by atoms with E-state index in [2.05, 4.69) is 24.1 Å². The number of hydrogen-bond donors (Lipinski definition) is 1. The maximum absolute atomic E-state index is 11.1. The molecule has 0 aromatic carbocycles. The van der Waals surface area contributed by atoms with Gasteiger partial charge in [0, 0.05) is 37.3 Å². The molecule has 0 radical (unpaired) electrons. The van der Waals surface area contributed by atoms with Gasteiger partial charge in [-0.2, -0.15) is 0 Å². The van der Waals surface area contributed by atoms with Gasteiger partial charge in [-0.05, 0) is 39.2 Å². The Balaban J connectivity index is 1.72. The van der Waals surface area contributed by atoms with E-state index in [0.29, 0.717) is 12.5 Å². The van der Waals surface area contributed by atoms with Crippen LogP contribution in [0.25, 0.3) is 0 Å². The van der Waals surface area contributed by atoms with Crippen LogP contribution in [0, 0.1) is 5.92 Å². The van der Waals surface area contributed by atoms with Gasteiger partial charge in [0.1, 0.15) is 0 Å². The van der Waals surface area contributed by atoms with Crippen molar-refractivity contribution < 1.29 is 4.79 Å². The summed E-state index contributed by atoms with van der Waals surface area (Å²) in [6, 6.07) is 0.664. The molecule has 0 aromatic rings. The summed E-state index contributed by atoms with van der Waals surface area (Å²) in [7, 11) is 0. The minimum absolute atomic E-state index is 0.276. The number of hydrogen-bond acceptors (Lipinski definition) is 3. The van der Waals surface area contributed by atoms with E-state index in [-0.39, 0.29) is 5.78 Å². The molecule has 3 heteroatoms. The first kappa shape index (κ1) is 11.6. The molecule has 2 aliphatic rings. The van der Waals surface area contributed by atoms with Crippen molar-refractivity contribution in [1.29, 1.82) is 0 Å². The lowest BCUT2D eigenvalue weighted by atomic mass is 10.1. The van der Waals surface area contributed by atoms with E-state index in [1.165, 1.54) is 19.5 Å². The predicted molar refractivity (Wildman–Crippen MR) is 65.1 cm³/mol. The van der Waals surface area contributed by atoms with Crippen molar-refractivity contribution in [1.82, 2.24) is 10.2 Å². The zero-order valence-corrected chi connectivity index (χ0v) is 10.3. The molecule has 0 aromatic heterocycles. The molecule has 1 unspecified atom stereocenters. The van der Waals surface area contributed by atoms with Gasteiger partial charge in [-0.25, -0.2) is 0 Å². The third kappa shape index (κ3) is 2.85. The van der Waals surface area contributed by atoms with E-state index in [4.69, 9.17) is 0 Å². The minimum Gasteiger partial charge on any atom is -0.388 e. The highest BCUT2D eigenvalue weighted by Crippen LogP contribution is 2.19. The van der Waals surface area contributed by atoms with Crippen molar-refractivity contribution in [2.75, 3.05) is 19.6 Å². The highest BCUT2D eigenvalue weighted by Gasteiger charge is 2.24. The molecule has 1 aliphatic heterocycles. The van der Waals surface area contributed by atoms with Crippen molar-refractivity contribution >= 4 is 5.78 Å². The summed E-state index contributed by atoms with van der Waals surface area (Å²) in [5, 5.41) is 3.43. The van der Waals surface area contributed by atoms with Crippen LogP contribution in [0.2, 0.25) is 0 Å². The average molecular weight is 222 g/mol. The Hall–Kier alpha value is -0.830. The lowest BCUT2D eigenvalue weighted by molar-refractivity contribution is -0.114. The van der Waals surface area contributed by atoms with Gasteiger partial charge in [0.25, 0.3) is 0 Å². The first-order chi connectivity index (χ1) is 7.65. The van der Waals surface area contributed by atoms with Crippen molar-refractivity contribution in [2.45, 2.75) is 39.2 Å². The number of likely N-dealkylation sites (tertiary alicyclic amines) is 1. The number of rotatable bonds is 4. The smallest absolute Gasteiger partial charge is 0.157 e. The summed E-state index contributed by atoms with van der Waals surface area (Å²) < 4.78 is 0. The number of allylic oxidation sites excluding steroid dienone is 2. The molecule has 0 bridgehead atoms. The van der Waals surface area contributed by atoms with Crippen LogP contribution < -0.4 is 5.32 Å². The quantitative estimate of drug-likeness (QED) is 0.783. The van der Waals surface area contributed by atoms with Crippen LogP contribution in [0.4, 0.5) is 0 Å². The van der Waals surface area contributed by atoms with E-state index in [9.17, 15) is 4.79 Å². The zero-order valence-electron chi connectivity index (χ0n) is 10.3. The number of nitrogens with one attached hydrogen (secondary N) is 1. The molecule has 1 N–H and O–H groups in total. The molecule has 3 nitrogen and oxygen atoms in total. The molecular formula is C13H22N2O. The molecule has 2 rings (SSSR count). The lowest BCUT2D eigenvalue weighted by Gasteiger charge is -2.20. The summed E-state index contributed by atoms with van der Waals surface area (Å²) in [6.45, 7) is 7.97. The van der Waals surface area contributed by atoms with E-state index in [0.717, 1.165) is 24.6 Å². The topological polar surface area (TPSA) is 32.3 Å². The van der Waals surface area contributed by atoms with Crippen molar-refractivity contribution in [2.24, 2.45) is 5.92 Å². The fourth-order valence-corrected chi connectivity index (χ4v) is 2.51. The van der Waals surface area contributed by atoms with Gasteiger partial charge in [-0.3, -0.25) is 4.79 Å². The van der Waals surface area contributed by atoms with Gasteiger partial charge < -0.3 is 10.2 Å². The standard InChI is InChI=1S/C13H22N2O/c1-10(2)15-6-5-11(9-15)8-14-12-3-4-13(16)7-12/h7,10-11,14H,3-6,8-9H2,1-2H3. The van der Waals surface area contributed by atoms with Crippen molar-refractivity contribution in [3.8, 4) is 0 Å². The van der Waals surface area contributed by atoms with Gasteiger partial charge in [-0.1, -0.05) is 0 Å². The van der Waals surface area contributed by atoms with Crippen LogP contribution in [-0.4, -0.2) is 36.4 Å². The van der Waals surface area contributed by atoms with Gasteiger partial charge in [0.15, 0.2) is 5.78 Å². The summed E-state index contributed by atoms with van der Waals surface area (Å²) in [5.41, 5.74) is 1.15. The molecule has 1 heterocycles. The second-order valence-electron chi connectivity index (χ2n) is 5.26. The van der Waals surface area contributed by atoms with Gasteiger partial charge in [0.2, 0.25) is 0 Å². The highest BCUT2D eigenvalue weighted by molar-refractivity contribution is 5.92. The van der Waals surface area contributed by atoms with Crippen LogP contribution in [0.1, 0.15) is 33.1 Å². The fraction of sp³-hybridized carbons (Fsp3) is 0.769. The Labute approximate surface area is 97.9 Å². The third-order valence-electron chi connectivity index (χ3n) is 3.64. The Morgan fingerprint density at radius 2 is 2.31 bits per heavy atom. The molecule has 1 fully saturated rings. The average Bonchev–Trinajstić information content (AvgIpc) is 2.83. The summed E-state index contributed by atoms with van der Waals surface area (Å²) in [5.74, 6) is 1.02. The summed E-state index contributed by atoms with van der Waals surface area (Å²) >= 11 is 0. The first-order valence-electron chi connectivity index (χ1n) is 6.36. The Kier molecular flexibility index (Phi) is 3.64. The Bertz CT molecular complexity index is 296. The molecule has 16 heavy (non-hydrogen) atoms. The third-order valence-corrected chi connectivity index (χ3v) is 3.64. The van der Waals surface area contributed by atoms with Crippen LogP contribution in [0.3, 0.4) is 0 Å². The number of ketones is 1. The summed E-state index contributed by atoms with van der Waals surface area (Å²) in [6.07, 6.45) is 4.67. The molecule has 1 atom stereocenters. The van der Waals surface area contributed by atoms with Gasteiger partial charge in [-0.15, -0.1) is 0 Å².